The van der Waals surface area contributed by atoms with Gasteiger partial charge in [-0.2, -0.15) is 0 Å². The van der Waals surface area contributed by atoms with Crippen molar-refractivity contribution in [1.29, 1.82) is 0 Å². The van der Waals surface area contributed by atoms with Crippen LogP contribution in [0.2, 0.25) is 0 Å². The number of aliphatic hydroxyl groups excluding tert-OH is 1. The van der Waals surface area contributed by atoms with Crippen molar-refractivity contribution in [2.24, 2.45) is 0 Å². The third-order valence-electron chi connectivity index (χ3n) is 3.40. The van der Waals surface area contributed by atoms with Gasteiger partial charge in [-0.3, -0.25) is 4.79 Å². The summed E-state index contributed by atoms with van der Waals surface area (Å²) in [4.78, 5) is 12.0. The second-order valence-corrected chi connectivity index (χ2v) is 6.46. The summed E-state index contributed by atoms with van der Waals surface area (Å²) < 4.78 is 5.69. The number of hydrogen-bond acceptors (Lipinski definition) is 3. The quantitative estimate of drug-likeness (QED) is 0.848. The maximum absolute atomic E-state index is 12.0. The molecule has 0 saturated heterocycles. The molecule has 1 rings (SSSR count). The van der Waals surface area contributed by atoms with Crippen LogP contribution in [-0.4, -0.2) is 29.3 Å². The van der Waals surface area contributed by atoms with Crippen LogP contribution in [-0.2, 0) is 4.79 Å². The van der Waals surface area contributed by atoms with Crippen molar-refractivity contribution in [3.8, 4) is 5.75 Å². The van der Waals surface area contributed by atoms with E-state index in [0.29, 0.717) is 11.7 Å². The first-order chi connectivity index (χ1) is 9.66. The van der Waals surface area contributed by atoms with Gasteiger partial charge in [-0.15, -0.1) is 0 Å². The fourth-order valence-electron chi connectivity index (χ4n) is 2.10. The van der Waals surface area contributed by atoms with Crippen LogP contribution in [0.4, 0.5) is 0 Å². The lowest BCUT2D eigenvalue weighted by atomic mass is 9.98. The second-order valence-electron chi connectivity index (χ2n) is 6.46. The molecule has 0 saturated carbocycles. The van der Waals surface area contributed by atoms with Crippen molar-refractivity contribution in [2.45, 2.75) is 59.1 Å². The molecule has 1 unspecified atom stereocenters. The summed E-state index contributed by atoms with van der Waals surface area (Å²) >= 11 is 0. The topological polar surface area (TPSA) is 58.6 Å². The Morgan fingerprint density at radius 2 is 1.95 bits per heavy atom. The van der Waals surface area contributed by atoms with Crippen LogP contribution in [0.3, 0.4) is 0 Å². The van der Waals surface area contributed by atoms with Crippen molar-refractivity contribution < 1.29 is 14.6 Å². The highest BCUT2D eigenvalue weighted by atomic mass is 16.5. The smallest absolute Gasteiger partial charge is 0.261 e. The summed E-state index contributed by atoms with van der Waals surface area (Å²) in [5, 5.41) is 11.9. The van der Waals surface area contributed by atoms with E-state index in [0.717, 1.165) is 5.56 Å². The Balaban J connectivity index is 2.73. The molecule has 0 aromatic heterocycles. The van der Waals surface area contributed by atoms with Gasteiger partial charge < -0.3 is 15.2 Å². The summed E-state index contributed by atoms with van der Waals surface area (Å²) in [6, 6.07) is 5.89. The first-order valence-electron chi connectivity index (χ1n) is 7.36. The molecule has 0 heterocycles. The minimum Gasteiger partial charge on any atom is -0.481 e. The van der Waals surface area contributed by atoms with E-state index in [-0.39, 0.29) is 12.5 Å². The molecule has 1 aromatic rings. The molecule has 0 aliphatic heterocycles. The number of carbonyl (C=O) groups excluding carboxylic acids is 1. The fourth-order valence-corrected chi connectivity index (χ4v) is 2.10. The molecule has 21 heavy (non-hydrogen) atoms. The molecule has 118 valence electrons. The molecular formula is C17H27NO3. The van der Waals surface area contributed by atoms with Crippen LogP contribution in [0.5, 0.6) is 5.75 Å². The van der Waals surface area contributed by atoms with Gasteiger partial charge in [0, 0.05) is 0 Å². The monoisotopic (exact) mass is 293 g/mol. The maximum atomic E-state index is 12.0. The summed E-state index contributed by atoms with van der Waals surface area (Å²) in [5.74, 6) is 0.908. The van der Waals surface area contributed by atoms with E-state index < -0.39 is 11.6 Å². The summed E-state index contributed by atoms with van der Waals surface area (Å²) in [6.45, 7) is 11.5. The number of nitrogens with one attached hydrogen (secondary N) is 1. The van der Waals surface area contributed by atoms with Gasteiger partial charge in [0.1, 0.15) is 5.75 Å². The largest absolute Gasteiger partial charge is 0.481 e. The Labute approximate surface area is 127 Å². The standard InChI is InChI=1S/C17H27NO3/c1-11(2)15-8-7-14(9-12(15)3)21-13(4)16(20)18-17(5,6)10-19/h7-9,11,13,19H,10H2,1-6H3,(H,18,20). The van der Waals surface area contributed by atoms with Crippen molar-refractivity contribution in [3.63, 3.8) is 0 Å². The zero-order valence-corrected chi connectivity index (χ0v) is 13.9. The van der Waals surface area contributed by atoms with Crippen LogP contribution < -0.4 is 10.1 Å². The number of aryl methyl sites for hydroxylation is 1. The second kappa shape index (κ2) is 6.94. The number of amides is 1. The van der Waals surface area contributed by atoms with E-state index in [4.69, 9.17) is 4.74 Å². The van der Waals surface area contributed by atoms with E-state index in [2.05, 4.69) is 19.2 Å². The fraction of sp³-hybridized carbons (Fsp3) is 0.588. The van der Waals surface area contributed by atoms with Crippen LogP contribution in [0, 0.1) is 6.92 Å². The minimum absolute atomic E-state index is 0.117. The van der Waals surface area contributed by atoms with Crippen LogP contribution in [0.1, 0.15) is 51.7 Å². The number of rotatable bonds is 6. The lowest BCUT2D eigenvalue weighted by Gasteiger charge is -2.26. The van der Waals surface area contributed by atoms with Gasteiger partial charge in [0.2, 0.25) is 0 Å². The predicted octanol–water partition coefficient (Wildman–Crippen LogP) is 2.77. The first-order valence-corrected chi connectivity index (χ1v) is 7.36. The Morgan fingerprint density at radius 1 is 1.33 bits per heavy atom. The van der Waals surface area contributed by atoms with E-state index in [1.54, 1.807) is 20.8 Å². The number of benzene rings is 1. The highest BCUT2D eigenvalue weighted by molar-refractivity contribution is 5.81. The Kier molecular flexibility index (Phi) is 5.78. The minimum atomic E-state index is -0.647. The highest BCUT2D eigenvalue weighted by Gasteiger charge is 2.23. The Bertz CT molecular complexity index is 495. The van der Waals surface area contributed by atoms with Crippen molar-refractivity contribution in [2.75, 3.05) is 6.61 Å². The van der Waals surface area contributed by atoms with Gasteiger partial charge in [0.25, 0.3) is 5.91 Å². The normalized spacial score (nSPS) is 13.1. The van der Waals surface area contributed by atoms with E-state index in [1.165, 1.54) is 5.56 Å². The Morgan fingerprint density at radius 3 is 2.43 bits per heavy atom. The van der Waals surface area contributed by atoms with Crippen LogP contribution >= 0.6 is 0 Å². The molecule has 4 nitrogen and oxygen atoms in total. The van der Waals surface area contributed by atoms with Gasteiger partial charge >= 0.3 is 0 Å². The number of hydrogen-bond donors (Lipinski definition) is 2. The lowest BCUT2D eigenvalue weighted by molar-refractivity contribution is -0.129. The van der Waals surface area contributed by atoms with Crippen molar-refractivity contribution in [1.82, 2.24) is 5.32 Å². The molecule has 1 amide bonds. The van der Waals surface area contributed by atoms with Gasteiger partial charge in [-0.05, 0) is 56.9 Å². The number of carbonyl (C=O) groups is 1. The van der Waals surface area contributed by atoms with Crippen LogP contribution in [0.25, 0.3) is 0 Å². The third-order valence-corrected chi connectivity index (χ3v) is 3.40. The summed E-state index contributed by atoms with van der Waals surface area (Å²) in [7, 11) is 0. The van der Waals surface area contributed by atoms with Crippen LogP contribution in [0.15, 0.2) is 18.2 Å². The molecule has 0 fully saturated rings. The zero-order valence-electron chi connectivity index (χ0n) is 13.9. The molecule has 0 aliphatic carbocycles. The lowest BCUT2D eigenvalue weighted by Crippen LogP contribution is -2.50. The number of ether oxygens (including phenoxy) is 1. The average Bonchev–Trinajstić information content (AvgIpc) is 2.37. The molecule has 1 atom stereocenters. The third kappa shape index (κ3) is 5.05. The summed E-state index contributed by atoms with van der Waals surface area (Å²) in [5.41, 5.74) is 1.79. The molecular weight excluding hydrogens is 266 g/mol. The van der Waals surface area contributed by atoms with Crippen molar-refractivity contribution >= 4 is 5.91 Å². The Hall–Kier alpha value is -1.55. The predicted molar refractivity (Wildman–Crippen MR) is 84.7 cm³/mol. The molecule has 4 heteroatoms. The average molecular weight is 293 g/mol. The molecule has 2 N–H and O–H groups in total. The van der Waals surface area contributed by atoms with Gasteiger partial charge in [0.05, 0.1) is 12.1 Å². The van der Waals surface area contributed by atoms with Gasteiger partial charge in [-0.1, -0.05) is 19.9 Å². The van der Waals surface area contributed by atoms with Crippen molar-refractivity contribution in [3.05, 3.63) is 29.3 Å². The van der Waals surface area contributed by atoms with Gasteiger partial charge in [0.15, 0.2) is 6.10 Å². The maximum Gasteiger partial charge on any atom is 0.261 e. The highest BCUT2D eigenvalue weighted by Crippen LogP contribution is 2.24. The molecule has 0 spiro atoms. The molecule has 1 aromatic carbocycles. The first kappa shape index (κ1) is 17.5. The molecule has 0 bridgehead atoms. The van der Waals surface area contributed by atoms with E-state index in [9.17, 15) is 9.90 Å². The molecule has 0 radical (unpaired) electrons. The number of aliphatic hydroxyl groups is 1. The zero-order chi connectivity index (χ0) is 16.2. The van der Waals surface area contributed by atoms with E-state index in [1.807, 2.05) is 25.1 Å². The summed E-state index contributed by atoms with van der Waals surface area (Å²) in [6.07, 6.45) is -0.611. The van der Waals surface area contributed by atoms with Gasteiger partial charge in [-0.25, -0.2) is 0 Å². The SMILES string of the molecule is Cc1cc(OC(C)C(=O)NC(C)(C)CO)ccc1C(C)C. The van der Waals surface area contributed by atoms with E-state index >= 15 is 0 Å². The molecule has 0 aliphatic rings.